The largest absolute Gasteiger partial charge is 0.380 e. The number of rotatable bonds is 2. The van der Waals surface area contributed by atoms with Gasteiger partial charge in [-0.1, -0.05) is 6.92 Å². The smallest absolute Gasteiger partial charge is 0.263 e. The molecule has 1 unspecified atom stereocenters. The molecule has 0 aliphatic rings. The molecule has 1 aromatic heterocycles. The Labute approximate surface area is 70.9 Å². The molecule has 0 fully saturated rings. The van der Waals surface area contributed by atoms with Gasteiger partial charge < -0.3 is 5.11 Å². The maximum Gasteiger partial charge on any atom is 0.263 e. The van der Waals surface area contributed by atoms with E-state index in [-0.39, 0.29) is 5.91 Å². The van der Waals surface area contributed by atoms with Crippen LogP contribution in [0.25, 0.3) is 0 Å². The number of hydrogen-bond acceptors (Lipinski definition) is 3. The van der Waals surface area contributed by atoms with Crippen molar-refractivity contribution >= 4 is 5.91 Å². The molecule has 1 atom stereocenters. The van der Waals surface area contributed by atoms with Crippen LogP contribution < -0.4 is 0 Å². The van der Waals surface area contributed by atoms with Gasteiger partial charge in [-0.25, -0.2) is 4.98 Å². The first-order chi connectivity index (χ1) is 5.58. The molecule has 4 heteroatoms. The molecule has 66 valence electrons. The highest BCUT2D eigenvalue weighted by Crippen LogP contribution is 2.11. The SMILES string of the molecule is CCC(C)(O)C(=O)n1ccnc1. The van der Waals surface area contributed by atoms with E-state index in [1.54, 1.807) is 6.92 Å². The third-order valence-corrected chi connectivity index (χ3v) is 1.89. The first-order valence-electron chi connectivity index (χ1n) is 3.83. The molecule has 0 saturated carbocycles. The summed E-state index contributed by atoms with van der Waals surface area (Å²) >= 11 is 0. The summed E-state index contributed by atoms with van der Waals surface area (Å²) in [7, 11) is 0. The summed E-state index contributed by atoms with van der Waals surface area (Å²) in [6, 6.07) is 0. The van der Waals surface area contributed by atoms with Gasteiger partial charge >= 0.3 is 0 Å². The minimum Gasteiger partial charge on any atom is -0.380 e. The Morgan fingerprint density at radius 1 is 1.75 bits per heavy atom. The lowest BCUT2D eigenvalue weighted by atomic mass is 10.0. The fraction of sp³-hybridized carbons (Fsp3) is 0.500. The Kier molecular flexibility index (Phi) is 2.28. The summed E-state index contributed by atoms with van der Waals surface area (Å²) < 4.78 is 1.28. The summed E-state index contributed by atoms with van der Waals surface area (Å²) in [4.78, 5) is 15.2. The highest BCUT2D eigenvalue weighted by atomic mass is 16.3. The number of carbonyl (C=O) groups is 1. The predicted octanol–water partition coefficient (Wildman–Crippen LogP) is 0.684. The van der Waals surface area contributed by atoms with Crippen LogP contribution in [0.2, 0.25) is 0 Å². The van der Waals surface area contributed by atoms with Gasteiger partial charge in [0.1, 0.15) is 11.9 Å². The van der Waals surface area contributed by atoms with Crippen LogP contribution in [0, 0.1) is 0 Å². The van der Waals surface area contributed by atoms with Gasteiger partial charge in [-0.2, -0.15) is 0 Å². The van der Waals surface area contributed by atoms with Gasteiger partial charge in [-0.15, -0.1) is 0 Å². The molecule has 0 aliphatic carbocycles. The van der Waals surface area contributed by atoms with E-state index < -0.39 is 5.60 Å². The Bertz CT molecular complexity index is 265. The van der Waals surface area contributed by atoms with Crippen molar-refractivity contribution in [2.24, 2.45) is 0 Å². The zero-order valence-electron chi connectivity index (χ0n) is 7.19. The number of aromatic nitrogens is 2. The Hall–Kier alpha value is -1.16. The molecule has 0 amide bonds. The van der Waals surface area contributed by atoms with Crippen LogP contribution in [-0.4, -0.2) is 26.2 Å². The fourth-order valence-corrected chi connectivity index (χ4v) is 0.809. The predicted molar refractivity (Wildman–Crippen MR) is 43.8 cm³/mol. The van der Waals surface area contributed by atoms with Crippen LogP contribution >= 0.6 is 0 Å². The summed E-state index contributed by atoms with van der Waals surface area (Å²) in [5.74, 6) is -0.345. The van der Waals surface area contributed by atoms with Gasteiger partial charge in [0.2, 0.25) is 0 Å². The lowest BCUT2D eigenvalue weighted by Crippen LogP contribution is -2.37. The van der Waals surface area contributed by atoms with Crippen molar-refractivity contribution in [1.82, 2.24) is 9.55 Å². The number of aliphatic hydroxyl groups is 1. The molecule has 1 heterocycles. The maximum absolute atomic E-state index is 11.4. The molecule has 12 heavy (non-hydrogen) atoms. The van der Waals surface area contributed by atoms with E-state index >= 15 is 0 Å². The first-order valence-corrected chi connectivity index (χ1v) is 3.83. The highest BCUT2D eigenvalue weighted by molar-refractivity contribution is 5.86. The highest BCUT2D eigenvalue weighted by Gasteiger charge is 2.28. The molecule has 1 aromatic rings. The van der Waals surface area contributed by atoms with Crippen molar-refractivity contribution in [3.63, 3.8) is 0 Å². The maximum atomic E-state index is 11.4. The van der Waals surface area contributed by atoms with E-state index in [4.69, 9.17) is 0 Å². The normalized spacial score (nSPS) is 15.6. The van der Waals surface area contributed by atoms with Crippen LogP contribution in [0.1, 0.15) is 25.1 Å². The Morgan fingerprint density at radius 2 is 2.42 bits per heavy atom. The Morgan fingerprint density at radius 3 is 2.83 bits per heavy atom. The minimum absolute atomic E-state index is 0.345. The average Bonchev–Trinajstić information content (AvgIpc) is 2.55. The van der Waals surface area contributed by atoms with E-state index in [2.05, 4.69) is 4.98 Å². The monoisotopic (exact) mass is 168 g/mol. The molecule has 0 aromatic carbocycles. The average molecular weight is 168 g/mol. The number of carbonyl (C=O) groups excluding carboxylic acids is 1. The molecule has 1 rings (SSSR count). The van der Waals surface area contributed by atoms with Crippen LogP contribution in [0.5, 0.6) is 0 Å². The minimum atomic E-state index is -1.29. The quantitative estimate of drug-likeness (QED) is 0.706. The van der Waals surface area contributed by atoms with E-state index in [1.165, 1.54) is 30.2 Å². The molecule has 0 bridgehead atoms. The molecular weight excluding hydrogens is 156 g/mol. The van der Waals surface area contributed by atoms with Crippen molar-refractivity contribution in [2.75, 3.05) is 0 Å². The van der Waals surface area contributed by atoms with Gasteiger partial charge in [-0.3, -0.25) is 9.36 Å². The van der Waals surface area contributed by atoms with Crippen LogP contribution in [0.3, 0.4) is 0 Å². The van der Waals surface area contributed by atoms with Crippen molar-refractivity contribution < 1.29 is 9.90 Å². The first kappa shape index (κ1) is 8.93. The fourth-order valence-electron chi connectivity index (χ4n) is 0.809. The second-order valence-electron chi connectivity index (χ2n) is 2.90. The number of hydrogen-bond donors (Lipinski definition) is 1. The van der Waals surface area contributed by atoms with Gasteiger partial charge in [0, 0.05) is 12.4 Å². The molecule has 0 aliphatic heterocycles. The van der Waals surface area contributed by atoms with Gasteiger partial charge in [0.05, 0.1) is 0 Å². The summed E-state index contributed by atoms with van der Waals surface area (Å²) in [5.41, 5.74) is -1.29. The van der Waals surface area contributed by atoms with Crippen molar-refractivity contribution in [3.05, 3.63) is 18.7 Å². The van der Waals surface area contributed by atoms with Crippen molar-refractivity contribution in [1.29, 1.82) is 0 Å². The lowest BCUT2D eigenvalue weighted by Gasteiger charge is -2.18. The van der Waals surface area contributed by atoms with Crippen molar-refractivity contribution in [2.45, 2.75) is 25.9 Å². The molecule has 0 radical (unpaired) electrons. The van der Waals surface area contributed by atoms with Crippen LogP contribution in [-0.2, 0) is 0 Å². The van der Waals surface area contributed by atoms with Gasteiger partial charge in [0.15, 0.2) is 0 Å². The van der Waals surface area contributed by atoms with Crippen molar-refractivity contribution in [3.8, 4) is 0 Å². The lowest BCUT2D eigenvalue weighted by molar-refractivity contribution is 0.0296. The summed E-state index contributed by atoms with van der Waals surface area (Å²) in [6.45, 7) is 3.25. The van der Waals surface area contributed by atoms with E-state index in [9.17, 15) is 9.90 Å². The van der Waals surface area contributed by atoms with E-state index in [1.807, 2.05) is 0 Å². The van der Waals surface area contributed by atoms with E-state index in [0.29, 0.717) is 6.42 Å². The molecule has 0 saturated heterocycles. The summed E-state index contributed by atoms with van der Waals surface area (Å²) in [6.07, 6.45) is 4.80. The number of nitrogens with zero attached hydrogens (tertiary/aromatic N) is 2. The zero-order chi connectivity index (χ0) is 9.19. The molecular formula is C8H12N2O2. The second kappa shape index (κ2) is 3.06. The molecule has 4 nitrogen and oxygen atoms in total. The van der Waals surface area contributed by atoms with Crippen LogP contribution in [0.4, 0.5) is 0 Å². The van der Waals surface area contributed by atoms with Gasteiger partial charge in [-0.05, 0) is 13.3 Å². The second-order valence-corrected chi connectivity index (χ2v) is 2.90. The summed E-state index contributed by atoms with van der Waals surface area (Å²) in [5, 5.41) is 9.57. The molecule has 1 N–H and O–H groups in total. The van der Waals surface area contributed by atoms with E-state index in [0.717, 1.165) is 0 Å². The third kappa shape index (κ3) is 1.53. The topological polar surface area (TPSA) is 55.1 Å². The standard InChI is InChI=1S/C8H12N2O2/c1-3-8(2,12)7(11)10-5-4-9-6-10/h4-6,12H,3H2,1-2H3. The van der Waals surface area contributed by atoms with Crippen LogP contribution in [0.15, 0.2) is 18.7 Å². The molecule has 0 spiro atoms. The third-order valence-electron chi connectivity index (χ3n) is 1.89. The van der Waals surface area contributed by atoms with Gasteiger partial charge in [0.25, 0.3) is 5.91 Å². The number of imidazole rings is 1. The Balaban J connectivity index is 2.86. The zero-order valence-corrected chi connectivity index (χ0v) is 7.19.